The van der Waals surface area contributed by atoms with E-state index in [1.54, 1.807) is 18.9 Å². The molecule has 0 aliphatic carbocycles. The summed E-state index contributed by atoms with van der Waals surface area (Å²) in [5.41, 5.74) is 2.11. The minimum absolute atomic E-state index is 0.0997. The number of carbonyl (C=O) groups is 2. The van der Waals surface area contributed by atoms with E-state index in [0.717, 1.165) is 22.2 Å². The van der Waals surface area contributed by atoms with Crippen LogP contribution in [-0.4, -0.2) is 39.1 Å². The smallest absolute Gasteiger partial charge is 0.328 e. The zero-order valence-corrected chi connectivity index (χ0v) is 12.5. The van der Waals surface area contributed by atoms with E-state index in [9.17, 15) is 9.59 Å². The third kappa shape index (κ3) is 3.79. The molecule has 7 heteroatoms. The van der Waals surface area contributed by atoms with Crippen molar-refractivity contribution in [3.63, 3.8) is 0 Å². The maximum atomic E-state index is 12.2. The predicted molar refractivity (Wildman–Crippen MR) is 80.1 cm³/mol. The number of rotatable bonds is 5. The molecule has 0 radical (unpaired) electrons. The zero-order chi connectivity index (χ0) is 15.4. The van der Waals surface area contributed by atoms with Gasteiger partial charge in [0.05, 0.1) is 18.3 Å². The highest BCUT2D eigenvalue weighted by atomic mass is 32.1. The molecule has 0 fully saturated rings. The number of aromatic amines is 1. The number of nitrogens with one attached hydrogen (secondary N) is 1. The molecule has 21 heavy (non-hydrogen) atoms. The van der Waals surface area contributed by atoms with E-state index in [-0.39, 0.29) is 5.91 Å². The predicted octanol–water partition coefficient (Wildman–Crippen LogP) is 2.15. The highest BCUT2D eigenvalue weighted by Crippen LogP contribution is 2.18. The summed E-state index contributed by atoms with van der Waals surface area (Å²) in [6, 6.07) is 1.87. The number of aliphatic carboxylic acids is 1. The Kier molecular flexibility index (Phi) is 4.54. The Labute approximate surface area is 125 Å². The minimum atomic E-state index is -0.981. The van der Waals surface area contributed by atoms with Crippen molar-refractivity contribution in [2.45, 2.75) is 13.5 Å². The average Bonchev–Trinajstić information content (AvgIpc) is 3.04. The van der Waals surface area contributed by atoms with Crippen LogP contribution in [0.15, 0.2) is 23.7 Å². The molecular weight excluding hydrogens is 290 g/mol. The summed E-state index contributed by atoms with van der Waals surface area (Å²) >= 11 is 1.49. The molecule has 2 N–H and O–H groups in total. The maximum absolute atomic E-state index is 12.2. The van der Waals surface area contributed by atoms with Crippen LogP contribution in [0, 0.1) is 6.92 Å². The molecule has 2 aromatic rings. The lowest BCUT2D eigenvalue weighted by Gasteiger charge is -2.15. The van der Waals surface area contributed by atoms with Gasteiger partial charge in [-0.05, 0) is 30.0 Å². The first kappa shape index (κ1) is 15.0. The molecule has 2 heterocycles. The number of carboxylic acids is 1. The first-order valence-electron chi connectivity index (χ1n) is 6.21. The molecule has 0 spiro atoms. The van der Waals surface area contributed by atoms with Crippen LogP contribution >= 0.6 is 11.3 Å². The van der Waals surface area contributed by atoms with Crippen molar-refractivity contribution in [1.82, 2.24) is 15.1 Å². The monoisotopic (exact) mass is 305 g/mol. The molecule has 0 atom stereocenters. The normalized spacial score (nSPS) is 11.0. The van der Waals surface area contributed by atoms with Gasteiger partial charge >= 0.3 is 5.97 Å². The van der Waals surface area contributed by atoms with Gasteiger partial charge in [0.2, 0.25) is 0 Å². The summed E-state index contributed by atoms with van der Waals surface area (Å²) in [5, 5.41) is 17.0. The van der Waals surface area contributed by atoms with E-state index in [4.69, 9.17) is 5.11 Å². The van der Waals surface area contributed by atoms with Gasteiger partial charge in [-0.15, -0.1) is 11.3 Å². The van der Waals surface area contributed by atoms with E-state index in [1.165, 1.54) is 23.6 Å². The van der Waals surface area contributed by atoms with Gasteiger partial charge < -0.3 is 10.0 Å². The third-order valence-corrected chi connectivity index (χ3v) is 3.83. The van der Waals surface area contributed by atoms with Crippen LogP contribution in [0.4, 0.5) is 0 Å². The van der Waals surface area contributed by atoms with E-state index in [0.29, 0.717) is 12.1 Å². The Bertz CT molecular complexity index is 687. The van der Waals surface area contributed by atoms with Crippen LogP contribution < -0.4 is 0 Å². The van der Waals surface area contributed by atoms with Crippen LogP contribution in [0.25, 0.3) is 6.08 Å². The van der Waals surface area contributed by atoms with Crippen LogP contribution in [0.1, 0.15) is 26.5 Å². The highest BCUT2D eigenvalue weighted by Gasteiger charge is 2.16. The van der Waals surface area contributed by atoms with Gasteiger partial charge in [-0.25, -0.2) is 4.79 Å². The number of hydrogen-bond acceptors (Lipinski definition) is 4. The van der Waals surface area contributed by atoms with Crippen molar-refractivity contribution in [2.75, 3.05) is 7.05 Å². The van der Waals surface area contributed by atoms with Crippen LogP contribution in [0.2, 0.25) is 0 Å². The summed E-state index contributed by atoms with van der Waals surface area (Å²) in [7, 11) is 1.72. The Morgan fingerprint density at radius 3 is 2.90 bits per heavy atom. The molecule has 0 saturated heterocycles. The molecule has 0 aliphatic rings. The zero-order valence-electron chi connectivity index (χ0n) is 11.7. The highest BCUT2D eigenvalue weighted by molar-refractivity contribution is 7.10. The largest absolute Gasteiger partial charge is 0.478 e. The van der Waals surface area contributed by atoms with Gasteiger partial charge in [-0.1, -0.05) is 0 Å². The second kappa shape index (κ2) is 6.36. The average molecular weight is 305 g/mol. The fraction of sp³-hybridized carbons (Fsp3) is 0.214. The van der Waals surface area contributed by atoms with Gasteiger partial charge in [0.1, 0.15) is 0 Å². The number of carboxylic acid groups (broad SMARTS) is 1. The molecule has 0 bridgehead atoms. The molecule has 110 valence electrons. The van der Waals surface area contributed by atoms with Gasteiger partial charge in [0, 0.05) is 23.7 Å². The third-order valence-electron chi connectivity index (χ3n) is 2.89. The number of amides is 1. The summed E-state index contributed by atoms with van der Waals surface area (Å²) in [6.07, 6.45) is 4.14. The summed E-state index contributed by atoms with van der Waals surface area (Å²) in [6.45, 7) is 2.27. The van der Waals surface area contributed by atoms with Gasteiger partial charge in [-0.3, -0.25) is 9.89 Å². The second-order valence-corrected chi connectivity index (χ2v) is 5.58. The van der Waals surface area contributed by atoms with Crippen LogP contribution in [0.3, 0.4) is 0 Å². The maximum Gasteiger partial charge on any atom is 0.328 e. The van der Waals surface area contributed by atoms with Crippen molar-refractivity contribution in [2.24, 2.45) is 0 Å². The van der Waals surface area contributed by atoms with E-state index < -0.39 is 5.97 Å². The Morgan fingerprint density at radius 2 is 2.29 bits per heavy atom. The lowest BCUT2D eigenvalue weighted by atomic mass is 10.2. The fourth-order valence-electron chi connectivity index (χ4n) is 1.81. The van der Waals surface area contributed by atoms with Crippen molar-refractivity contribution >= 4 is 29.3 Å². The van der Waals surface area contributed by atoms with E-state index in [1.807, 2.05) is 11.4 Å². The first-order valence-corrected chi connectivity index (χ1v) is 7.09. The lowest BCUT2D eigenvalue weighted by Crippen LogP contribution is -2.26. The van der Waals surface area contributed by atoms with Gasteiger partial charge in [-0.2, -0.15) is 5.10 Å². The molecule has 6 nitrogen and oxygen atoms in total. The first-order chi connectivity index (χ1) is 9.97. The number of nitrogens with zero attached hydrogens (tertiary/aromatic N) is 2. The van der Waals surface area contributed by atoms with Gasteiger partial charge in [0.15, 0.2) is 0 Å². The Balaban J connectivity index is 2.03. The standard InChI is InChI=1S/C14H15N3O3S/c1-9-12(6-15-16-9)14(20)17(2)7-11-5-10(8-21-11)3-4-13(18)19/h3-6,8H,7H2,1-2H3,(H,15,16)(H,18,19). The van der Waals surface area contributed by atoms with Crippen molar-refractivity contribution in [1.29, 1.82) is 0 Å². The molecular formula is C14H15N3O3S. The molecule has 0 unspecified atom stereocenters. The number of thiophene rings is 1. The van der Waals surface area contributed by atoms with Crippen LogP contribution in [0.5, 0.6) is 0 Å². The van der Waals surface area contributed by atoms with Gasteiger partial charge in [0.25, 0.3) is 5.91 Å². The Hall–Kier alpha value is -2.41. The molecule has 0 aromatic carbocycles. The second-order valence-electron chi connectivity index (χ2n) is 4.59. The minimum Gasteiger partial charge on any atom is -0.478 e. The van der Waals surface area contributed by atoms with E-state index >= 15 is 0 Å². The lowest BCUT2D eigenvalue weighted by molar-refractivity contribution is -0.131. The molecule has 2 aromatic heterocycles. The number of aryl methyl sites for hydroxylation is 1. The topological polar surface area (TPSA) is 86.3 Å². The molecule has 0 saturated carbocycles. The summed E-state index contributed by atoms with van der Waals surface area (Å²) in [4.78, 5) is 25.3. The number of carbonyl (C=O) groups excluding carboxylic acids is 1. The molecule has 1 amide bonds. The van der Waals surface area contributed by atoms with Crippen molar-refractivity contribution in [3.05, 3.63) is 45.4 Å². The number of hydrogen-bond donors (Lipinski definition) is 2. The number of H-pyrrole nitrogens is 1. The summed E-state index contributed by atoms with van der Waals surface area (Å²) < 4.78 is 0. The van der Waals surface area contributed by atoms with E-state index in [2.05, 4.69) is 10.2 Å². The Morgan fingerprint density at radius 1 is 1.52 bits per heavy atom. The molecule has 0 aliphatic heterocycles. The summed E-state index contributed by atoms with van der Waals surface area (Å²) in [5.74, 6) is -1.08. The fourth-order valence-corrected chi connectivity index (χ4v) is 2.72. The number of aromatic nitrogens is 2. The van der Waals surface area contributed by atoms with Crippen molar-refractivity contribution in [3.8, 4) is 0 Å². The quantitative estimate of drug-likeness (QED) is 0.829. The SMILES string of the molecule is Cc1[nH]ncc1C(=O)N(C)Cc1cc(C=CC(=O)O)cs1. The van der Waals surface area contributed by atoms with Crippen LogP contribution in [-0.2, 0) is 11.3 Å². The molecule has 2 rings (SSSR count). The van der Waals surface area contributed by atoms with Crippen molar-refractivity contribution < 1.29 is 14.7 Å².